The van der Waals surface area contributed by atoms with Crippen LogP contribution in [-0.2, 0) is 0 Å². The molecule has 0 aliphatic carbocycles. The minimum absolute atomic E-state index is 0.168. The molecule has 2 heterocycles. The van der Waals surface area contributed by atoms with E-state index in [-0.39, 0.29) is 11.7 Å². The fraction of sp³-hybridized carbons (Fsp3) is 0.100. The third kappa shape index (κ3) is 2.78. The van der Waals surface area contributed by atoms with Crippen LogP contribution in [-0.4, -0.2) is 17.4 Å². The molecule has 2 aromatic heterocycles. The quantitative estimate of drug-likeness (QED) is 0.530. The molecule has 6 heteroatoms. The van der Waals surface area contributed by atoms with Crippen LogP contribution in [0.3, 0.4) is 0 Å². The molecule has 4 rings (SSSR count). The number of fused-ring (bicyclic) bond motifs is 3. The summed E-state index contributed by atoms with van der Waals surface area (Å²) in [6, 6.07) is 14.0. The minimum atomic E-state index is -0.352. The molecule has 0 saturated heterocycles. The van der Waals surface area contributed by atoms with Crippen LogP contribution in [0, 0.1) is 5.82 Å². The highest BCUT2D eigenvalue weighted by Crippen LogP contribution is 2.36. The molecule has 2 N–H and O–H groups in total. The van der Waals surface area contributed by atoms with Crippen molar-refractivity contribution in [3.8, 4) is 0 Å². The van der Waals surface area contributed by atoms with Crippen molar-refractivity contribution >= 4 is 49.7 Å². The van der Waals surface area contributed by atoms with Gasteiger partial charge in [-0.2, -0.15) is 0 Å². The third-order valence-electron chi connectivity index (χ3n) is 4.13. The molecule has 0 spiro atoms. The van der Waals surface area contributed by atoms with E-state index in [1.807, 2.05) is 30.5 Å². The van der Waals surface area contributed by atoms with E-state index in [2.05, 4.69) is 15.6 Å². The summed E-state index contributed by atoms with van der Waals surface area (Å²) in [5.74, 6) is 0.0173. The summed E-state index contributed by atoms with van der Waals surface area (Å²) >= 11 is 1.57. The number of nitrogens with one attached hydrogen (secondary N) is 2. The van der Waals surface area contributed by atoms with Gasteiger partial charge in [-0.25, -0.2) is 9.37 Å². The van der Waals surface area contributed by atoms with Gasteiger partial charge >= 0.3 is 0 Å². The van der Waals surface area contributed by atoms with E-state index in [1.165, 1.54) is 6.07 Å². The Bertz CT molecular complexity index is 1120. The predicted octanol–water partition coefficient (Wildman–Crippen LogP) is 5.08. The standard InChI is InChI=1S/C20H16FN3OS/c1-2-22-20(25)13-7-5-6-12-17(13)24-19(14-10-11-26-18(12)14)23-16-9-4-3-8-15(16)21/h3-11H,2H2,1H3,(H,22,25)(H,23,24). The van der Waals surface area contributed by atoms with Gasteiger partial charge in [-0.05, 0) is 36.6 Å². The largest absolute Gasteiger partial charge is 0.352 e. The SMILES string of the molecule is CCNC(=O)c1cccc2c1nc(Nc1ccccc1F)c1ccsc12. The molecule has 2 aromatic carbocycles. The predicted molar refractivity (Wildman–Crippen MR) is 105 cm³/mol. The van der Waals surface area contributed by atoms with Gasteiger partial charge in [0.2, 0.25) is 0 Å². The molecule has 0 unspecified atom stereocenters. The van der Waals surface area contributed by atoms with Crippen molar-refractivity contribution in [2.75, 3.05) is 11.9 Å². The highest BCUT2D eigenvalue weighted by molar-refractivity contribution is 7.18. The van der Waals surface area contributed by atoms with Gasteiger partial charge in [0.05, 0.1) is 16.8 Å². The average Bonchev–Trinajstić information content (AvgIpc) is 3.14. The van der Waals surface area contributed by atoms with E-state index in [1.54, 1.807) is 35.6 Å². The molecule has 1 amide bonds. The number of aromatic nitrogens is 1. The number of halogens is 1. The minimum Gasteiger partial charge on any atom is -0.352 e. The number of thiophene rings is 1. The van der Waals surface area contributed by atoms with Crippen molar-refractivity contribution in [3.63, 3.8) is 0 Å². The summed E-state index contributed by atoms with van der Waals surface area (Å²) in [6.07, 6.45) is 0. The van der Waals surface area contributed by atoms with Gasteiger partial charge < -0.3 is 10.6 Å². The first kappa shape index (κ1) is 16.5. The normalized spacial score (nSPS) is 11.0. The number of para-hydroxylation sites is 2. The van der Waals surface area contributed by atoms with Crippen LogP contribution >= 0.6 is 11.3 Å². The summed E-state index contributed by atoms with van der Waals surface area (Å²) < 4.78 is 15.1. The van der Waals surface area contributed by atoms with Gasteiger partial charge in [-0.3, -0.25) is 4.79 Å². The van der Waals surface area contributed by atoms with Crippen molar-refractivity contribution in [1.29, 1.82) is 0 Å². The molecule has 26 heavy (non-hydrogen) atoms. The Kier molecular flexibility index (Phi) is 4.26. The molecule has 4 aromatic rings. The number of anilines is 2. The second kappa shape index (κ2) is 6.72. The number of nitrogens with zero attached hydrogens (tertiary/aromatic N) is 1. The van der Waals surface area contributed by atoms with E-state index in [9.17, 15) is 9.18 Å². The van der Waals surface area contributed by atoms with E-state index in [4.69, 9.17) is 0 Å². The van der Waals surface area contributed by atoms with Gasteiger partial charge in [0, 0.05) is 22.0 Å². The van der Waals surface area contributed by atoms with Crippen LogP contribution in [0.2, 0.25) is 0 Å². The fourth-order valence-corrected chi connectivity index (χ4v) is 3.87. The molecule has 4 nitrogen and oxygen atoms in total. The summed E-state index contributed by atoms with van der Waals surface area (Å²) in [7, 11) is 0. The number of carbonyl (C=O) groups is 1. The number of rotatable bonds is 4. The van der Waals surface area contributed by atoms with E-state index in [0.29, 0.717) is 29.1 Å². The van der Waals surface area contributed by atoms with Gasteiger partial charge in [0.25, 0.3) is 5.91 Å². The molecular weight excluding hydrogens is 349 g/mol. The summed E-state index contributed by atoms with van der Waals surface area (Å²) in [4.78, 5) is 17.1. The molecule has 0 atom stereocenters. The number of benzene rings is 2. The Hall–Kier alpha value is -2.99. The Morgan fingerprint density at radius 2 is 1.96 bits per heavy atom. The Morgan fingerprint density at radius 3 is 2.77 bits per heavy atom. The molecule has 130 valence electrons. The average molecular weight is 365 g/mol. The Labute approximate surface area is 153 Å². The molecule has 0 saturated carbocycles. The molecular formula is C20H16FN3OS. The van der Waals surface area contributed by atoms with Crippen LogP contribution in [0.15, 0.2) is 53.9 Å². The molecule has 0 aliphatic rings. The van der Waals surface area contributed by atoms with Crippen LogP contribution in [0.5, 0.6) is 0 Å². The lowest BCUT2D eigenvalue weighted by molar-refractivity contribution is 0.0957. The van der Waals surface area contributed by atoms with Gasteiger partial charge in [-0.15, -0.1) is 11.3 Å². The summed E-state index contributed by atoms with van der Waals surface area (Å²) in [5, 5.41) is 9.68. The highest BCUT2D eigenvalue weighted by atomic mass is 32.1. The van der Waals surface area contributed by atoms with Crippen LogP contribution in [0.4, 0.5) is 15.9 Å². The number of hydrogen-bond acceptors (Lipinski definition) is 4. The Balaban J connectivity index is 1.94. The zero-order valence-corrected chi connectivity index (χ0v) is 14.9. The van der Waals surface area contributed by atoms with Crippen LogP contribution in [0.1, 0.15) is 17.3 Å². The van der Waals surface area contributed by atoms with Crippen molar-refractivity contribution in [1.82, 2.24) is 10.3 Å². The summed E-state index contributed by atoms with van der Waals surface area (Å²) in [6.45, 7) is 2.41. The maximum absolute atomic E-state index is 14.1. The number of carbonyl (C=O) groups excluding carboxylic acids is 1. The second-order valence-electron chi connectivity index (χ2n) is 5.79. The number of amides is 1. The first-order valence-electron chi connectivity index (χ1n) is 8.28. The fourth-order valence-electron chi connectivity index (χ4n) is 2.95. The van der Waals surface area contributed by atoms with Crippen molar-refractivity contribution in [2.24, 2.45) is 0 Å². The first-order chi connectivity index (χ1) is 12.7. The maximum Gasteiger partial charge on any atom is 0.253 e. The lowest BCUT2D eigenvalue weighted by Gasteiger charge is -2.12. The maximum atomic E-state index is 14.1. The van der Waals surface area contributed by atoms with Gasteiger partial charge in [0.1, 0.15) is 11.6 Å². The Morgan fingerprint density at radius 1 is 1.12 bits per heavy atom. The zero-order valence-electron chi connectivity index (χ0n) is 14.0. The topological polar surface area (TPSA) is 54.0 Å². The lowest BCUT2D eigenvalue weighted by atomic mass is 10.1. The van der Waals surface area contributed by atoms with E-state index < -0.39 is 0 Å². The molecule has 0 fully saturated rings. The van der Waals surface area contributed by atoms with Crippen molar-refractivity contribution < 1.29 is 9.18 Å². The van der Waals surface area contributed by atoms with Crippen LogP contribution in [0.25, 0.3) is 21.0 Å². The summed E-state index contributed by atoms with van der Waals surface area (Å²) in [5.41, 5.74) is 1.46. The van der Waals surface area contributed by atoms with E-state index >= 15 is 0 Å². The van der Waals surface area contributed by atoms with Crippen molar-refractivity contribution in [2.45, 2.75) is 6.92 Å². The molecule has 0 radical (unpaired) electrons. The zero-order chi connectivity index (χ0) is 18.1. The van der Waals surface area contributed by atoms with Crippen molar-refractivity contribution in [3.05, 3.63) is 65.3 Å². The lowest BCUT2D eigenvalue weighted by Crippen LogP contribution is -2.23. The second-order valence-corrected chi connectivity index (χ2v) is 6.71. The van der Waals surface area contributed by atoms with Gasteiger partial charge in [0.15, 0.2) is 0 Å². The van der Waals surface area contributed by atoms with Gasteiger partial charge in [-0.1, -0.05) is 24.3 Å². The first-order valence-corrected chi connectivity index (χ1v) is 9.16. The van der Waals surface area contributed by atoms with E-state index in [0.717, 1.165) is 15.5 Å². The molecule has 0 aliphatic heterocycles. The third-order valence-corrected chi connectivity index (χ3v) is 5.08. The monoisotopic (exact) mass is 365 g/mol. The highest BCUT2D eigenvalue weighted by Gasteiger charge is 2.16. The number of hydrogen-bond donors (Lipinski definition) is 2. The molecule has 0 bridgehead atoms. The number of pyridine rings is 1. The van der Waals surface area contributed by atoms with Crippen LogP contribution < -0.4 is 10.6 Å². The smallest absolute Gasteiger partial charge is 0.253 e.